The van der Waals surface area contributed by atoms with Crippen molar-refractivity contribution in [3.8, 4) is 5.75 Å². The smallest absolute Gasteiger partial charge is 0.330 e. The number of aliphatic hydroxyl groups excluding tert-OH is 1. The summed E-state index contributed by atoms with van der Waals surface area (Å²) in [6.45, 7) is 1.77. The standard InChI is InChI=1S/C11H13NO4/c1-2-16-11(15)6-4-9-10(14)5-3-8(7-13)12-9/h3-6,13-14H,2,7H2,1H3. The van der Waals surface area contributed by atoms with E-state index in [0.29, 0.717) is 12.3 Å². The Morgan fingerprint density at radius 1 is 1.56 bits per heavy atom. The largest absolute Gasteiger partial charge is 0.506 e. The molecule has 16 heavy (non-hydrogen) atoms. The maximum Gasteiger partial charge on any atom is 0.330 e. The summed E-state index contributed by atoms with van der Waals surface area (Å²) in [5.74, 6) is -0.559. The van der Waals surface area contributed by atoms with E-state index in [1.807, 2.05) is 0 Å². The van der Waals surface area contributed by atoms with Crippen LogP contribution in [0.4, 0.5) is 0 Å². The van der Waals surface area contributed by atoms with Gasteiger partial charge in [-0.3, -0.25) is 0 Å². The van der Waals surface area contributed by atoms with Crippen molar-refractivity contribution >= 4 is 12.0 Å². The van der Waals surface area contributed by atoms with Crippen LogP contribution in [0.2, 0.25) is 0 Å². The Kier molecular flexibility index (Phi) is 4.47. The number of nitrogens with zero attached hydrogens (tertiary/aromatic N) is 1. The molecule has 5 nitrogen and oxygen atoms in total. The van der Waals surface area contributed by atoms with Crippen molar-refractivity contribution in [2.24, 2.45) is 0 Å². The summed E-state index contributed by atoms with van der Waals surface area (Å²) in [6, 6.07) is 2.90. The van der Waals surface area contributed by atoms with E-state index in [0.717, 1.165) is 0 Å². The molecular weight excluding hydrogens is 210 g/mol. The number of rotatable bonds is 4. The minimum Gasteiger partial charge on any atom is -0.506 e. The zero-order valence-corrected chi connectivity index (χ0v) is 8.88. The monoisotopic (exact) mass is 223 g/mol. The van der Waals surface area contributed by atoms with Crippen molar-refractivity contribution in [3.05, 3.63) is 29.6 Å². The number of carbonyl (C=O) groups excluding carboxylic acids is 1. The molecule has 0 amide bonds. The molecule has 1 rings (SSSR count). The van der Waals surface area contributed by atoms with Crippen molar-refractivity contribution in [1.29, 1.82) is 0 Å². The molecule has 1 aromatic rings. The summed E-state index contributed by atoms with van der Waals surface area (Å²) in [4.78, 5) is 14.9. The van der Waals surface area contributed by atoms with Crippen molar-refractivity contribution in [2.75, 3.05) is 6.61 Å². The fourth-order valence-electron chi connectivity index (χ4n) is 1.06. The first kappa shape index (κ1) is 12.2. The van der Waals surface area contributed by atoms with Crippen molar-refractivity contribution in [3.63, 3.8) is 0 Å². The predicted octanol–water partition coefficient (Wildman–Crippen LogP) is 0.856. The highest BCUT2D eigenvalue weighted by atomic mass is 16.5. The molecule has 5 heteroatoms. The third kappa shape index (κ3) is 3.36. The summed E-state index contributed by atoms with van der Waals surface area (Å²) >= 11 is 0. The lowest BCUT2D eigenvalue weighted by Crippen LogP contribution is -1.99. The number of esters is 1. The average Bonchev–Trinajstić information content (AvgIpc) is 2.28. The van der Waals surface area contributed by atoms with Gasteiger partial charge in [-0.2, -0.15) is 0 Å². The molecular formula is C11H13NO4. The first-order valence-corrected chi connectivity index (χ1v) is 4.82. The Balaban J connectivity index is 2.83. The quantitative estimate of drug-likeness (QED) is 0.584. The zero-order valence-electron chi connectivity index (χ0n) is 8.88. The molecule has 1 aromatic heterocycles. The van der Waals surface area contributed by atoms with Gasteiger partial charge in [0.05, 0.1) is 18.9 Å². The van der Waals surface area contributed by atoms with Gasteiger partial charge >= 0.3 is 5.97 Å². The molecule has 0 fully saturated rings. The summed E-state index contributed by atoms with van der Waals surface area (Å²) in [7, 11) is 0. The van der Waals surface area contributed by atoms with E-state index in [1.54, 1.807) is 6.92 Å². The van der Waals surface area contributed by atoms with Gasteiger partial charge in [-0.15, -0.1) is 0 Å². The topological polar surface area (TPSA) is 79.7 Å². The molecule has 0 radical (unpaired) electrons. The van der Waals surface area contributed by atoms with Crippen molar-refractivity contribution < 1.29 is 19.7 Å². The van der Waals surface area contributed by atoms with Crippen LogP contribution < -0.4 is 0 Å². The lowest BCUT2D eigenvalue weighted by molar-refractivity contribution is -0.137. The lowest BCUT2D eigenvalue weighted by atomic mass is 10.2. The molecule has 0 aliphatic rings. The van der Waals surface area contributed by atoms with Crippen LogP contribution in [-0.4, -0.2) is 27.8 Å². The molecule has 0 atom stereocenters. The Morgan fingerprint density at radius 3 is 2.94 bits per heavy atom. The molecule has 0 aromatic carbocycles. The van der Waals surface area contributed by atoms with Gasteiger partial charge in [0.2, 0.25) is 0 Å². The van der Waals surface area contributed by atoms with Gasteiger partial charge in [-0.1, -0.05) is 0 Å². The van der Waals surface area contributed by atoms with E-state index in [9.17, 15) is 9.90 Å². The van der Waals surface area contributed by atoms with E-state index in [1.165, 1.54) is 24.3 Å². The molecule has 0 spiro atoms. The Morgan fingerprint density at radius 2 is 2.31 bits per heavy atom. The van der Waals surface area contributed by atoms with Gasteiger partial charge in [0.25, 0.3) is 0 Å². The second-order valence-corrected chi connectivity index (χ2v) is 2.95. The van der Waals surface area contributed by atoms with E-state index < -0.39 is 5.97 Å². The number of hydrogen-bond acceptors (Lipinski definition) is 5. The van der Waals surface area contributed by atoms with Crippen LogP contribution >= 0.6 is 0 Å². The second kappa shape index (κ2) is 5.87. The molecule has 0 unspecified atom stereocenters. The first-order valence-electron chi connectivity index (χ1n) is 4.82. The highest BCUT2D eigenvalue weighted by Gasteiger charge is 2.02. The number of hydrogen-bond donors (Lipinski definition) is 2. The first-order chi connectivity index (χ1) is 7.67. The SMILES string of the molecule is CCOC(=O)C=Cc1nc(CO)ccc1O. The Hall–Kier alpha value is -1.88. The minimum absolute atomic E-state index is 0.0576. The van der Waals surface area contributed by atoms with Crippen LogP contribution in [0, 0.1) is 0 Å². The molecule has 0 bridgehead atoms. The van der Waals surface area contributed by atoms with Crippen LogP contribution in [0.1, 0.15) is 18.3 Å². The maximum atomic E-state index is 11.0. The molecule has 86 valence electrons. The fourth-order valence-corrected chi connectivity index (χ4v) is 1.06. The lowest BCUT2D eigenvalue weighted by Gasteiger charge is -2.01. The van der Waals surface area contributed by atoms with Gasteiger partial charge in [0.15, 0.2) is 0 Å². The highest BCUT2D eigenvalue weighted by molar-refractivity contribution is 5.87. The summed E-state index contributed by atoms with van der Waals surface area (Å²) in [6.07, 6.45) is 2.51. The van der Waals surface area contributed by atoms with Crippen LogP contribution in [0.5, 0.6) is 5.75 Å². The van der Waals surface area contributed by atoms with Gasteiger partial charge in [0, 0.05) is 6.08 Å². The number of pyridine rings is 1. The third-order valence-electron chi connectivity index (χ3n) is 1.79. The normalized spacial score (nSPS) is 10.6. The van der Waals surface area contributed by atoms with Crippen LogP contribution in [0.15, 0.2) is 18.2 Å². The summed E-state index contributed by atoms with van der Waals surface area (Å²) < 4.78 is 4.68. The number of aliphatic hydroxyl groups is 1. The summed E-state index contributed by atoms with van der Waals surface area (Å²) in [5, 5.41) is 18.3. The number of aromatic nitrogens is 1. The van der Waals surface area contributed by atoms with Crippen LogP contribution in [0.3, 0.4) is 0 Å². The highest BCUT2D eigenvalue weighted by Crippen LogP contribution is 2.16. The molecule has 0 aliphatic carbocycles. The van der Waals surface area contributed by atoms with E-state index in [2.05, 4.69) is 9.72 Å². The average molecular weight is 223 g/mol. The minimum atomic E-state index is -0.502. The van der Waals surface area contributed by atoms with Gasteiger partial charge < -0.3 is 14.9 Å². The Labute approximate surface area is 93.0 Å². The number of carbonyl (C=O) groups is 1. The van der Waals surface area contributed by atoms with Gasteiger partial charge in [0.1, 0.15) is 11.4 Å². The van der Waals surface area contributed by atoms with Crippen LogP contribution in [-0.2, 0) is 16.1 Å². The fraction of sp³-hybridized carbons (Fsp3) is 0.273. The maximum absolute atomic E-state index is 11.0. The van der Waals surface area contributed by atoms with E-state index in [4.69, 9.17) is 5.11 Å². The molecule has 0 saturated carbocycles. The third-order valence-corrected chi connectivity index (χ3v) is 1.79. The van der Waals surface area contributed by atoms with Crippen molar-refractivity contribution in [1.82, 2.24) is 4.98 Å². The predicted molar refractivity (Wildman–Crippen MR) is 57.5 cm³/mol. The second-order valence-electron chi connectivity index (χ2n) is 2.95. The molecule has 1 heterocycles. The molecule has 0 aliphatic heterocycles. The Bertz CT molecular complexity index is 401. The summed E-state index contributed by atoms with van der Waals surface area (Å²) in [5.41, 5.74) is 0.640. The van der Waals surface area contributed by atoms with E-state index in [-0.39, 0.29) is 18.1 Å². The molecule has 2 N–H and O–H groups in total. The van der Waals surface area contributed by atoms with Crippen LogP contribution in [0.25, 0.3) is 6.08 Å². The zero-order chi connectivity index (χ0) is 12.0. The molecule has 0 saturated heterocycles. The van der Waals surface area contributed by atoms with Gasteiger partial charge in [-0.25, -0.2) is 9.78 Å². The van der Waals surface area contributed by atoms with Gasteiger partial charge in [-0.05, 0) is 25.1 Å². The number of ether oxygens (including phenoxy) is 1. The number of aromatic hydroxyl groups is 1. The van der Waals surface area contributed by atoms with Crippen molar-refractivity contribution in [2.45, 2.75) is 13.5 Å². The van der Waals surface area contributed by atoms with E-state index >= 15 is 0 Å².